The predicted octanol–water partition coefficient (Wildman–Crippen LogP) is 1.48. The molecular weight excluding hydrogens is 228 g/mol. The van der Waals surface area contributed by atoms with Crippen LogP contribution < -0.4 is 15.8 Å². The van der Waals surface area contributed by atoms with Gasteiger partial charge in [-0.15, -0.1) is 0 Å². The summed E-state index contributed by atoms with van der Waals surface area (Å²) in [6.45, 7) is 3.75. The highest BCUT2D eigenvalue weighted by Crippen LogP contribution is 2.12. The molecule has 0 bridgehead atoms. The highest BCUT2D eigenvalue weighted by molar-refractivity contribution is 5.75. The third-order valence-electron chi connectivity index (χ3n) is 2.63. The van der Waals surface area contributed by atoms with Crippen LogP contribution in [0.5, 0.6) is 5.75 Å². The van der Waals surface area contributed by atoms with Crippen molar-refractivity contribution in [1.82, 2.24) is 5.32 Å². The number of carbonyl (C=O) groups excluding carboxylic acids is 1. The monoisotopic (exact) mass is 250 g/mol. The van der Waals surface area contributed by atoms with E-state index in [-0.39, 0.29) is 5.91 Å². The van der Waals surface area contributed by atoms with Gasteiger partial charge in [0.2, 0.25) is 5.91 Å². The second-order valence-corrected chi connectivity index (χ2v) is 4.09. The summed E-state index contributed by atoms with van der Waals surface area (Å²) in [5, 5.41) is 2.79. The van der Waals surface area contributed by atoms with Gasteiger partial charge in [-0.3, -0.25) is 4.79 Å². The van der Waals surface area contributed by atoms with Gasteiger partial charge >= 0.3 is 0 Å². The molecule has 18 heavy (non-hydrogen) atoms. The van der Waals surface area contributed by atoms with Gasteiger partial charge in [0.15, 0.2) is 0 Å². The van der Waals surface area contributed by atoms with Gasteiger partial charge in [-0.1, -0.05) is 19.1 Å². The van der Waals surface area contributed by atoms with Gasteiger partial charge in [0.25, 0.3) is 0 Å². The molecule has 1 rings (SSSR count). The molecule has 0 aromatic heterocycles. The number of rotatable bonds is 8. The molecule has 0 saturated heterocycles. The third-order valence-corrected chi connectivity index (χ3v) is 2.63. The summed E-state index contributed by atoms with van der Waals surface area (Å²) in [5.74, 6) is 0.815. The fourth-order valence-electron chi connectivity index (χ4n) is 1.50. The molecule has 4 heteroatoms. The molecule has 4 nitrogen and oxygen atoms in total. The number of nitrogens with one attached hydrogen (secondary N) is 1. The van der Waals surface area contributed by atoms with Gasteiger partial charge in [0.1, 0.15) is 5.75 Å². The molecule has 1 aromatic carbocycles. The van der Waals surface area contributed by atoms with Crippen molar-refractivity contribution in [3.63, 3.8) is 0 Å². The summed E-state index contributed by atoms with van der Waals surface area (Å²) in [4.78, 5) is 11.4. The topological polar surface area (TPSA) is 64.3 Å². The number of ether oxygens (including phenoxy) is 1. The maximum atomic E-state index is 11.4. The average molecular weight is 250 g/mol. The Hall–Kier alpha value is -1.55. The molecule has 0 heterocycles. The van der Waals surface area contributed by atoms with Crippen LogP contribution >= 0.6 is 0 Å². The molecule has 3 N–H and O–H groups in total. The lowest BCUT2D eigenvalue weighted by atomic mass is 10.2. The van der Waals surface area contributed by atoms with Crippen molar-refractivity contribution in [2.45, 2.75) is 26.2 Å². The molecule has 0 radical (unpaired) electrons. The van der Waals surface area contributed by atoms with Crippen LogP contribution in [0.1, 0.15) is 25.3 Å². The largest absolute Gasteiger partial charge is 0.493 e. The number of hydrogen-bond acceptors (Lipinski definition) is 3. The summed E-state index contributed by atoms with van der Waals surface area (Å²) in [7, 11) is 0. The van der Waals surface area contributed by atoms with Gasteiger partial charge < -0.3 is 15.8 Å². The average Bonchev–Trinajstić information content (AvgIpc) is 2.40. The number of carbonyl (C=O) groups is 1. The minimum atomic E-state index is 0.00799. The number of amides is 1. The molecule has 0 fully saturated rings. The van der Waals surface area contributed by atoms with Crippen molar-refractivity contribution in [2.75, 3.05) is 19.7 Å². The lowest BCUT2D eigenvalue weighted by molar-refractivity contribution is -0.121. The van der Waals surface area contributed by atoms with E-state index in [1.807, 2.05) is 24.3 Å². The van der Waals surface area contributed by atoms with Gasteiger partial charge in [0, 0.05) is 6.54 Å². The molecule has 0 spiro atoms. The van der Waals surface area contributed by atoms with Crippen LogP contribution in [0.15, 0.2) is 24.3 Å². The fraction of sp³-hybridized carbons (Fsp3) is 0.500. The Morgan fingerprint density at radius 2 is 2.06 bits per heavy atom. The van der Waals surface area contributed by atoms with Crippen LogP contribution in [0.25, 0.3) is 0 Å². The van der Waals surface area contributed by atoms with Gasteiger partial charge in [-0.05, 0) is 37.1 Å². The smallest absolute Gasteiger partial charge is 0.223 e. The van der Waals surface area contributed by atoms with Crippen LogP contribution in [0.2, 0.25) is 0 Å². The van der Waals surface area contributed by atoms with Crippen LogP contribution in [0.4, 0.5) is 0 Å². The van der Waals surface area contributed by atoms with E-state index in [9.17, 15) is 4.79 Å². The molecule has 0 aliphatic rings. The Morgan fingerprint density at radius 1 is 1.33 bits per heavy atom. The standard InChI is InChI=1S/C14H22N2O2/c1-2-12-4-6-13(7-5-12)18-11-8-14(17)16-10-3-9-15/h4-7H,2-3,8-11,15H2,1H3,(H,16,17). The van der Waals surface area contributed by atoms with E-state index in [2.05, 4.69) is 12.2 Å². The highest BCUT2D eigenvalue weighted by atomic mass is 16.5. The normalized spacial score (nSPS) is 10.1. The summed E-state index contributed by atoms with van der Waals surface area (Å²) in [6.07, 6.45) is 2.20. The van der Waals surface area contributed by atoms with Crippen molar-refractivity contribution in [3.05, 3.63) is 29.8 Å². The lowest BCUT2D eigenvalue weighted by Crippen LogP contribution is -2.27. The minimum absolute atomic E-state index is 0.00799. The Morgan fingerprint density at radius 3 is 2.67 bits per heavy atom. The number of aryl methyl sites for hydroxylation is 1. The van der Waals surface area contributed by atoms with Crippen LogP contribution in [-0.4, -0.2) is 25.6 Å². The first-order valence-corrected chi connectivity index (χ1v) is 6.44. The molecule has 0 aliphatic carbocycles. The molecule has 100 valence electrons. The summed E-state index contributed by atoms with van der Waals surface area (Å²) >= 11 is 0. The molecular formula is C14H22N2O2. The predicted molar refractivity (Wildman–Crippen MR) is 72.6 cm³/mol. The molecule has 0 aliphatic heterocycles. The Labute approximate surface area is 109 Å². The van der Waals surface area contributed by atoms with Crippen LogP contribution in [-0.2, 0) is 11.2 Å². The Balaban J connectivity index is 2.18. The first-order valence-electron chi connectivity index (χ1n) is 6.44. The van der Waals surface area contributed by atoms with E-state index >= 15 is 0 Å². The van der Waals surface area contributed by atoms with Crippen molar-refractivity contribution in [3.8, 4) is 5.75 Å². The van der Waals surface area contributed by atoms with Gasteiger partial charge in [-0.2, -0.15) is 0 Å². The van der Waals surface area contributed by atoms with Crippen LogP contribution in [0.3, 0.4) is 0 Å². The van der Waals surface area contributed by atoms with E-state index < -0.39 is 0 Å². The van der Waals surface area contributed by atoms with E-state index in [1.54, 1.807) is 0 Å². The first-order chi connectivity index (χ1) is 8.76. The zero-order chi connectivity index (χ0) is 13.2. The second-order valence-electron chi connectivity index (χ2n) is 4.09. The van der Waals surface area contributed by atoms with E-state index in [1.165, 1.54) is 5.56 Å². The summed E-state index contributed by atoms with van der Waals surface area (Å²) in [6, 6.07) is 7.95. The maximum Gasteiger partial charge on any atom is 0.223 e. The van der Waals surface area contributed by atoms with E-state index in [4.69, 9.17) is 10.5 Å². The van der Waals surface area contributed by atoms with Gasteiger partial charge in [0.05, 0.1) is 13.0 Å². The zero-order valence-electron chi connectivity index (χ0n) is 10.9. The van der Waals surface area contributed by atoms with Crippen molar-refractivity contribution >= 4 is 5.91 Å². The number of hydrogen-bond donors (Lipinski definition) is 2. The highest BCUT2D eigenvalue weighted by Gasteiger charge is 2.01. The third kappa shape index (κ3) is 5.68. The molecule has 0 atom stereocenters. The lowest BCUT2D eigenvalue weighted by Gasteiger charge is -2.07. The van der Waals surface area contributed by atoms with Crippen molar-refractivity contribution < 1.29 is 9.53 Å². The molecule has 1 amide bonds. The van der Waals surface area contributed by atoms with E-state index in [0.717, 1.165) is 18.6 Å². The van der Waals surface area contributed by atoms with Gasteiger partial charge in [-0.25, -0.2) is 0 Å². The Kier molecular flexibility index (Phi) is 6.87. The zero-order valence-corrected chi connectivity index (χ0v) is 10.9. The quantitative estimate of drug-likeness (QED) is 0.687. The fourth-order valence-corrected chi connectivity index (χ4v) is 1.50. The molecule has 0 saturated carbocycles. The summed E-state index contributed by atoms with van der Waals surface area (Å²) < 4.78 is 5.50. The second kappa shape index (κ2) is 8.53. The SMILES string of the molecule is CCc1ccc(OCCC(=O)NCCCN)cc1. The first kappa shape index (κ1) is 14.5. The molecule has 0 unspecified atom stereocenters. The minimum Gasteiger partial charge on any atom is -0.493 e. The van der Waals surface area contributed by atoms with Crippen molar-refractivity contribution in [1.29, 1.82) is 0 Å². The number of nitrogens with two attached hydrogens (primary N) is 1. The Bertz CT molecular complexity index is 349. The number of benzene rings is 1. The molecule has 1 aromatic rings. The van der Waals surface area contributed by atoms with Crippen molar-refractivity contribution in [2.24, 2.45) is 5.73 Å². The van der Waals surface area contributed by atoms with Crippen LogP contribution in [0, 0.1) is 0 Å². The summed E-state index contributed by atoms with van der Waals surface area (Å²) in [5.41, 5.74) is 6.62. The maximum absolute atomic E-state index is 11.4. The van der Waals surface area contributed by atoms with E-state index in [0.29, 0.717) is 26.1 Å².